The van der Waals surface area contributed by atoms with Gasteiger partial charge in [0, 0.05) is 48.1 Å². The minimum atomic E-state index is 0.357. The van der Waals surface area contributed by atoms with E-state index in [0.717, 1.165) is 45.9 Å². The molecule has 5 rings (SSSR count). The van der Waals surface area contributed by atoms with Crippen molar-refractivity contribution < 1.29 is 4.74 Å². The fourth-order valence-electron chi connectivity index (χ4n) is 3.52. The van der Waals surface area contributed by atoms with Crippen LogP contribution in [0.15, 0.2) is 48.9 Å². The van der Waals surface area contributed by atoms with Gasteiger partial charge in [0.15, 0.2) is 0 Å². The molecule has 2 N–H and O–H groups in total. The molecule has 0 bridgehead atoms. The molecule has 130 valence electrons. The number of pyridine rings is 1. The van der Waals surface area contributed by atoms with Crippen molar-refractivity contribution in [3.8, 4) is 11.1 Å². The van der Waals surface area contributed by atoms with E-state index in [9.17, 15) is 0 Å². The van der Waals surface area contributed by atoms with Crippen LogP contribution in [-0.2, 0) is 4.74 Å². The van der Waals surface area contributed by atoms with E-state index in [1.165, 1.54) is 0 Å². The third-order valence-electron chi connectivity index (χ3n) is 5.11. The molecule has 0 amide bonds. The van der Waals surface area contributed by atoms with Gasteiger partial charge in [0.05, 0.1) is 11.6 Å². The highest BCUT2D eigenvalue weighted by atomic mass is 16.5. The summed E-state index contributed by atoms with van der Waals surface area (Å²) in [5.74, 6) is 0.660. The lowest BCUT2D eigenvalue weighted by atomic mass is 9.89. The van der Waals surface area contributed by atoms with Crippen LogP contribution in [0.3, 0.4) is 0 Å². The Hall–Kier alpha value is -2.99. The van der Waals surface area contributed by atoms with E-state index in [2.05, 4.69) is 43.5 Å². The van der Waals surface area contributed by atoms with Crippen LogP contribution in [0.25, 0.3) is 33.1 Å². The van der Waals surface area contributed by atoms with E-state index in [1.54, 1.807) is 7.11 Å². The summed E-state index contributed by atoms with van der Waals surface area (Å²) >= 11 is 0. The molecule has 1 fully saturated rings. The minimum absolute atomic E-state index is 0.357. The Morgan fingerprint density at radius 3 is 3.00 bits per heavy atom. The summed E-state index contributed by atoms with van der Waals surface area (Å²) < 4.78 is 5.32. The van der Waals surface area contributed by atoms with Crippen molar-refractivity contribution in [1.82, 2.24) is 19.9 Å². The maximum atomic E-state index is 5.32. The molecule has 0 saturated heterocycles. The van der Waals surface area contributed by atoms with Crippen molar-refractivity contribution in [2.45, 2.75) is 25.0 Å². The molecule has 3 heterocycles. The van der Waals surface area contributed by atoms with Crippen LogP contribution >= 0.6 is 0 Å². The van der Waals surface area contributed by atoms with Gasteiger partial charge in [-0.1, -0.05) is 12.1 Å². The second-order valence-electron chi connectivity index (χ2n) is 6.74. The van der Waals surface area contributed by atoms with Gasteiger partial charge in [-0.15, -0.1) is 0 Å². The first-order valence-electron chi connectivity index (χ1n) is 8.79. The van der Waals surface area contributed by atoms with E-state index in [-0.39, 0.29) is 0 Å². The lowest BCUT2D eigenvalue weighted by molar-refractivity contribution is 0.0327. The van der Waals surface area contributed by atoms with Crippen molar-refractivity contribution in [2.24, 2.45) is 0 Å². The summed E-state index contributed by atoms with van der Waals surface area (Å²) in [6, 6.07) is 10.7. The first-order chi connectivity index (χ1) is 12.8. The summed E-state index contributed by atoms with van der Waals surface area (Å²) in [5, 5.41) is 5.51. The van der Waals surface area contributed by atoms with Crippen LogP contribution in [0.4, 0.5) is 5.95 Å². The first kappa shape index (κ1) is 15.3. The van der Waals surface area contributed by atoms with Gasteiger partial charge in [-0.3, -0.25) is 4.98 Å². The smallest absolute Gasteiger partial charge is 0.224 e. The van der Waals surface area contributed by atoms with Gasteiger partial charge in [0.1, 0.15) is 5.65 Å². The van der Waals surface area contributed by atoms with E-state index >= 15 is 0 Å². The fraction of sp³-hybridized carbons (Fsp3) is 0.250. The maximum Gasteiger partial charge on any atom is 0.224 e. The SMILES string of the molecule is CO[C@H]1C[C@@H](Nc2ncc3c(-c4ccc5ncccc5c4)c[nH]c3n2)C1. The number of methoxy groups -OCH3 is 1. The Morgan fingerprint density at radius 1 is 1.19 bits per heavy atom. The molecule has 6 heteroatoms. The maximum absolute atomic E-state index is 5.32. The predicted octanol–water partition coefficient (Wildman–Crippen LogP) is 3.76. The molecule has 1 saturated carbocycles. The largest absolute Gasteiger partial charge is 0.381 e. The number of anilines is 1. The third kappa shape index (κ3) is 2.59. The van der Waals surface area contributed by atoms with Crippen LogP contribution in [0.1, 0.15) is 12.8 Å². The molecule has 0 unspecified atom stereocenters. The highest BCUT2D eigenvalue weighted by Crippen LogP contribution is 2.30. The predicted molar refractivity (Wildman–Crippen MR) is 102 cm³/mol. The Morgan fingerprint density at radius 2 is 2.12 bits per heavy atom. The lowest BCUT2D eigenvalue weighted by Gasteiger charge is -2.34. The molecule has 0 spiro atoms. The third-order valence-corrected chi connectivity index (χ3v) is 5.11. The van der Waals surface area contributed by atoms with E-state index < -0.39 is 0 Å². The van der Waals surface area contributed by atoms with Crippen molar-refractivity contribution >= 4 is 27.9 Å². The minimum Gasteiger partial charge on any atom is -0.381 e. The van der Waals surface area contributed by atoms with Gasteiger partial charge >= 0.3 is 0 Å². The number of rotatable bonds is 4. The standard InChI is InChI=1S/C20H19N5O/c1-26-15-8-14(9-15)24-20-23-11-17-16(10-22-19(17)25-20)12-4-5-18-13(7-12)3-2-6-21-18/h2-7,10-11,14-15H,8-9H2,1H3,(H2,22,23,24,25)/t14-,15+. The van der Waals surface area contributed by atoms with E-state index in [4.69, 9.17) is 4.74 Å². The molecular formula is C20H19N5O. The molecule has 3 aromatic heterocycles. The van der Waals surface area contributed by atoms with Crippen LogP contribution in [0.2, 0.25) is 0 Å². The number of aromatic amines is 1. The number of hydrogen-bond donors (Lipinski definition) is 2. The zero-order chi connectivity index (χ0) is 17.5. The molecule has 1 aromatic carbocycles. The second-order valence-corrected chi connectivity index (χ2v) is 6.74. The highest BCUT2D eigenvalue weighted by molar-refractivity contribution is 5.96. The van der Waals surface area contributed by atoms with Crippen LogP contribution in [0, 0.1) is 0 Å². The number of ether oxygens (including phenoxy) is 1. The van der Waals surface area contributed by atoms with Gasteiger partial charge in [0.2, 0.25) is 5.95 Å². The van der Waals surface area contributed by atoms with Crippen molar-refractivity contribution in [3.63, 3.8) is 0 Å². The van der Waals surface area contributed by atoms with Gasteiger partial charge in [0.25, 0.3) is 0 Å². The Kier molecular flexibility index (Phi) is 3.57. The summed E-state index contributed by atoms with van der Waals surface area (Å²) in [5.41, 5.74) is 4.06. The lowest BCUT2D eigenvalue weighted by Crippen LogP contribution is -2.40. The van der Waals surface area contributed by atoms with Crippen LogP contribution in [0.5, 0.6) is 0 Å². The number of nitrogens with zero attached hydrogens (tertiary/aromatic N) is 3. The molecule has 26 heavy (non-hydrogen) atoms. The van der Waals surface area contributed by atoms with E-state index in [0.29, 0.717) is 18.1 Å². The summed E-state index contributed by atoms with van der Waals surface area (Å²) in [7, 11) is 1.76. The average molecular weight is 345 g/mol. The van der Waals surface area contributed by atoms with Crippen LogP contribution in [-0.4, -0.2) is 39.2 Å². The zero-order valence-electron chi connectivity index (χ0n) is 14.4. The van der Waals surface area contributed by atoms with Crippen molar-refractivity contribution in [2.75, 3.05) is 12.4 Å². The molecular weight excluding hydrogens is 326 g/mol. The Balaban J connectivity index is 1.45. The number of nitrogens with one attached hydrogen (secondary N) is 2. The first-order valence-corrected chi connectivity index (χ1v) is 8.79. The zero-order valence-corrected chi connectivity index (χ0v) is 14.4. The quantitative estimate of drug-likeness (QED) is 0.589. The fourth-order valence-corrected chi connectivity index (χ4v) is 3.52. The Bertz CT molecular complexity index is 1080. The van der Waals surface area contributed by atoms with Gasteiger partial charge in [-0.2, -0.15) is 4.98 Å². The topological polar surface area (TPSA) is 75.7 Å². The number of aromatic nitrogens is 4. The number of benzene rings is 1. The van der Waals surface area contributed by atoms with Crippen LogP contribution < -0.4 is 5.32 Å². The average Bonchev–Trinajstić information content (AvgIpc) is 3.07. The highest BCUT2D eigenvalue weighted by Gasteiger charge is 2.29. The summed E-state index contributed by atoms with van der Waals surface area (Å²) in [6.07, 6.45) is 8.04. The summed E-state index contributed by atoms with van der Waals surface area (Å²) in [4.78, 5) is 16.8. The van der Waals surface area contributed by atoms with Gasteiger partial charge in [-0.05, 0) is 36.6 Å². The second kappa shape index (κ2) is 6.07. The van der Waals surface area contributed by atoms with Gasteiger partial charge < -0.3 is 15.0 Å². The van der Waals surface area contributed by atoms with Gasteiger partial charge in [-0.25, -0.2) is 4.98 Å². The summed E-state index contributed by atoms with van der Waals surface area (Å²) in [6.45, 7) is 0. The number of fused-ring (bicyclic) bond motifs is 2. The number of H-pyrrole nitrogens is 1. The molecule has 0 aliphatic heterocycles. The molecule has 1 aliphatic carbocycles. The van der Waals surface area contributed by atoms with Crippen molar-refractivity contribution in [1.29, 1.82) is 0 Å². The molecule has 0 atom stereocenters. The molecule has 1 aliphatic rings. The van der Waals surface area contributed by atoms with Crippen molar-refractivity contribution in [3.05, 3.63) is 48.9 Å². The molecule has 4 aromatic rings. The monoisotopic (exact) mass is 345 g/mol. The molecule has 6 nitrogen and oxygen atoms in total. The van der Waals surface area contributed by atoms with E-state index in [1.807, 2.05) is 30.7 Å². The Labute approximate surface area is 150 Å². The molecule has 0 radical (unpaired) electrons. The normalized spacial score (nSPS) is 19.6. The number of hydrogen-bond acceptors (Lipinski definition) is 5.